The van der Waals surface area contributed by atoms with E-state index in [-0.39, 0.29) is 5.92 Å². The van der Waals surface area contributed by atoms with E-state index in [1.165, 1.54) is 0 Å². The summed E-state index contributed by atoms with van der Waals surface area (Å²) in [7, 11) is 0. The van der Waals surface area contributed by atoms with Crippen LogP contribution in [-0.4, -0.2) is 4.98 Å². The van der Waals surface area contributed by atoms with Crippen LogP contribution in [0.4, 0.5) is 5.69 Å². The third kappa shape index (κ3) is 2.17. The number of nitrogen functional groups attached to an aromatic ring is 1. The van der Waals surface area contributed by atoms with Gasteiger partial charge in [-0.05, 0) is 35.4 Å². The van der Waals surface area contributed by atoms with Gasteiger partial charge in [0.15, 0.2) is 0 Å². The van der Waals surface area contributed by atoms with Crippen LogP contribution in [0.25, 0.3) is 10.9 Å². The Hall–Kier alpha value is -2.25. The van der Waals surface area contributed by atoms with Crippen molar-refractivity contribution in [1.82, 2.24) is 4.98 Å². The van der Waals surface area contributed by atoms with Crippen LogP contribution in [0.15, 0.2) is 53.1 Å². The average Bonchev–Trinajstić information content (AvgIpc) is 2.85. The largest absolute Gasteiger partial charge is 0.399 e. The molecule has 0 bridgehead atoms. The Kier molecular flexibility index (Phi) is 3.21. The summed E-state index contributed by atoms with van der Waals surface area (Å²) in [5.74, 6) is -0.300. The number of aromatic nitrogens is 1. The van der Waals surface area contributed by atoms with E-state index < -0.39 is 0 Å². The van der Waals surface area contributed by atoms with Crippen molar-refractivity contribution in [1.29, 1.82) is 5.26 Å². The molecule has 3 aromatic rings. The maximum atomic E-state index is 9.53. The van der Waals surface area contributed by atoms with E-state index in [1.807, 2.05) is 48.7 Å². The van der Waals surface area contributed by atoms with Crippen LogP contribution in [0.3, 0.4) is 0 Å². The molecule has 0 aliphatic carbocycles. The lowest BCUT2D eigenvalue weighted by atomic mass is 9.92. The average molecular weight is 326 g/mol. The molecule has 0 saturated heterocycles. The van der Waals surface area contributed by atoms with Crippen LogP contribution < -0.4 is 5.73 Å². The van der Waals surface area contributed by atoms with Gasteiger partial charge in [-0.1, -0.05) is 34.1 Å². The predicted octanol–water partition coefficient (Wildman–Crippen LogP) is 4.17. The van der Waals surface area contributed by atoms with Crippen molar-refractivity contribution in [2.24, 2.45) is 0 Å². The summed E-state index contributed by atoms with van der Waals surface area (Å²) in [5, 5.41) is 10.6. The highest BCUT2D eigenvalue weighted by Gasteiger charge is 2.17. The normalized spacial score (nSPS) is 12.2. The minimum absolute atomic E-state index is 0.300. The third-order valence-corrected chi connectivity index (χ3v) is 3.88. The van der Waals surface area contributed by atoms with Crippen LogP contribution in [0.2, 0.25) is 0 Å². The monoisotopic (exact) mass is 325 g/mol. The molecule has 1 aromatic heterocycles. The van der Waals surface area contributed by atoms with E-state index in [4.69, 9.17) is 5.73 Å². The minimum Gasteiger partial charge on any atom is -0.399 e. The second-order valence-electron chi connectivity index (χ2n) is 4.66. The number of hydrogen-bond acceptors (Lipinski definition) is 2. The lowest BCUT2D eigenvalue weighted by Gasteiger charge is -2.09. The standard InChI is InChI=1S/C16H12BrN3/c17-11-3-6-13-15(9-20-16(13)7-11)14(8-18)10-1-4-12(19)5-2-10/h1-7,9,14,20H,19H2. The second-order valence-corrected chi connectivity index (χ2v) is 5.58. The fourth-order valence-electron chi connectivity index (χ4n) is 2.37. The highest BCUT2D eigenvalue weighted by molar-refractivity contribution is 9.10. The number of anilines is 1. The number of benzene rings is 2. The number of H-pyrrole nitrogens is 1. The number of nitrogens with one attached hydrogen (secondary N) is 1. The van der Waals surface area contributed by atoms with Crippen LogP contribution in [0, 0.1) is 11.3 Å². The first-order valence-electron chi connectivity index (χ1n) is 6.20. The first-order chi connectivity index (χ1) is 9.69. The van der Waals surface area contributed by atoms with E-state index >= 15 is 0 Å². The molecule has 0 aliphatic rings. The van der Waals surface area contributed by atoms with Crippen LogP contribution in [0.5, 0.6) is 0 Å². The first-order valence-corrected chi connectivity index (χ1v) is 7.00. The molecule has 4 heteroatoms. The molecular weight excluding hydrogens is 314 g/mol. The Morgan fingerprint density at radius 2 is 1.90 bits per heavy atom. The molecule has 1 unspecified atom stereocenters. The van der Waals surface area contributed by atoms with Gasteiger partial charge in [-0.2, -0.15) is 5.26 Å². The van der Waals surface area contributed by atoms with E-state index in [2.05, 4.69) is 27.0 Å². The first kappa shape index (κ1) is 12.8. The summed E-state index contributed by atoms with van der Waals surface area (Å²) < 4.78 is 1.01. The van der Waals surface area contributed by atoms with Gasteiger partial charge in [0, 0.05) is 27.3 Å². The molecule has 0 fully saturated rings. The Morgan fingerprint density at radius 3 is 2.60 bits per heavy atom. The number of halogens is 1. The molecule has 98 valence electrons. The van der Waals surface area contributed by atoms with Crippen molar-refractivity contribution in [3.8, 4) is 6.07 Å². The van der Waals surface area contributed by atoms with Gasteiger partial charge < -0.3 is 10.7 Å². The number of aromatic amines is 1. The lowest BCUT2D eigenvalue weighted by Crippen LogP contribution is -1.97. The van der Waals surface area contributed by atoms with Crippen molar-refractivity contribution in [3.05, 3.63) is 64.3 Å². The fourth-order valence-corrected chi connectivity index (χ4v) is 2.73. The van der Waals surface area contributed by atoms with Gasteiger partial charge in [0.1, 0.15) is 0 Å². The van der Waals surface area contributed by atoms with E-state index in [9.17, 15) is 5.26 Å². The van der Waals surface area contributed by atoms with Crippen LogP contribution in [-0.2, 0) is 0 Å². The molecule has 0 amide bonds. The molecule has 0 spiro atoms. The third-order valence-electron chi connectivity index (χ3n) is 3.39. The molecule has 0 saturated carbocycles. The van der Waals surface area contributed by atoms with Crippen molar-refractivity contribution < 1.29 is 0 Å². The smallest absolute Gasteiger partial charge is 0.0983 e. The maximum absolute atomic E-state index is 9.53. The molecular formula is C16H12BrN3. The number of rotatable bonds is 2. The maximum Gasteiger partial charge on any atom is 0.0983 e. The molecule has 3 nitrogen and oxygen atoms in total. The van der Waals surface area contributed by atoms with Gasteiger partial charge in [0.2, 0.25) is 0 Å². The molecule has 2 aromatic carbocycles. The summed E-state index contributed by atoms with van der Waals surface area (Å²) in [6, 6.07) is 15.8. The zero-order valence-corrected chi connectivity index (χ0v) is 12.2. The Morgan fingerprint density at radius 1 is 1.15 bits per heavy atom. The van der Waals surface area contributed by atoms with Gasteiger partial charge in [0.25, 0.3) is 0 Å². The lowest BCUT2D eigenvalue weighted by molar-refractivity contribution is 1.05. The zero-order valence-electron chi connectivity index (χ0n) is 10.6. The van der Waals surface area contributed by atoms with Crippen molar-refractivity contribution in [2.75, 3.05) is 5.73 Å². The van der Waals surface area contributed by atoms with Gasteiger partial charge in [-0.15, -0.1) is 0 Å². The Balaban J connectivity index is 2.12. The summed E-state index contributed by atoms with van der Waals surface area (Å²) in [5.41, 5.74) is 9.36. The topological polar surface area (TPSA) is 65.6 Å². The molecule has 3 rings (SSSR count). The number of nitrogens with zero attached hydrogens (tertiary/aromatic N) is 1. The highest BCUT2D eigenvalue weighted by Crippen LogP contribution is 2.31. The van der Waals surface area contributed by atoms with Gasteiger partial charge >= 0.3 is 0 Å². The summed E-state index contributed by atoms with van der Waals surface area (Å²) in [4.78, 5) is 3.22. The Labute approximate surface area is 125 Å². The summed E-state index contributed by atoms with van der Waals surface area (Å²) >= 11 is 3.45. The fraction of sp³-hybridized carbons (Fsp3) is 0.0625. The van der Waals surface area contributed by atoms with Gasteiger partial charge in [-0.25, -0.2) is 0 Å². The predicted molar refractivity (Wildman–Crippen MR) is 84.3 cm³/mol. The summed E-state index contributed by atoms with van der Waals surface area (Å²) in [6.45, 7) is 0. The number of fused-ring (bicyclic) bond motifs is 1. The van der Waals surface area contributed by atoms with Gasteiger partial charge in [-0.3, -0.25) is 0 Å². The molecule has 3 N–H and O–H groups in total. The Bertz CT molecular complexity index is 797. The van der Waals surface area contributed by atoms with E-state index in [1.54, 1.807) is 0 Å². The highest BCUT2D eigenvalue weighted by atomic mass is 79.9. The molecule has 1 atom stereocenters. The molecule has 0 aliphatic heterocycles. The molecule has 20 heavy (non-hydrogen) atoms. The van der Waals surface area contributed by atoms with Crippen molar-refractivity contribution >= 4 is 32.5 Å². The van der Waals surface area contributed by atoms with E-state index in [0.717, 1.165) is 26.5 Å². The van der Waals surface area contributed by atoms with Crippen molar-refractivity contribution in [3.63, 3.8) is 0 Å². The van der Waals surface area contributed by atoms with Gasteiger partial charge in [0.05, 0.1) is 12.0 Å². The number of nitrogens with two attached hydrogens (primary N) is 1. The SMILES string of the molecule is N#CC(c1ccc(N)cc1)c1c[nH]c2cc(Br)ccc12. The zero-order chi connectivity index (χ0) is 14.1. The van der Waals surface area contributed by atoms with Crippen LogP contribution >= 0.6 is 15.9 Å². The van der Waals surface area contributed by atoms with Crippen LogP contribution in [0.1, 0.15) is 17.0 Å². The molecule has 0 radical (unpaired) electrons. The molecule has 1 heterocycles. The van der Waals surface area contributed by atoms with E-state index in [0.29, 0.717) is 5.69 Å². The minimum atomic E-state index is -0.300. The second kappa shape index (κ2) is 5.03. The number of hydrogen-bond donors (Lipinski definition) is 2. The summed E-state index contributed by atoms with van der Waals surface area (Å²) in [6.07, 6.45) is 1.90. The van der Waals surface area contributed by atoms with Crippen molar-refractivity contribution in [2.45, 2.75) is 5.92 Å². The number of nitriles is 1. The quantitative estimate of drug-likeness (QED) is 0.694.